The zero-order valence-electron chi connectivity index (χ0n) is 20.0. The van der Waals surface area contributed by atoms with Crippen molar-refractivity contribution in [2.75, 3.05) is 32.7 Å². The highest BCUT2D eigenvalue weighted by Crippen LogP contribution is 2.33. The summed E-state index contributed by atoms with van der Waals surface area (Å²) in [7, 11) is 4.86. The van der Waals surface area contributed by atoms with E-state index in [0.717, 1.165) is 16.9 Å². The molecule has 1 amide bonds. The van der Waals surface area contributed by atoms with Gasteiger partial charge in [0.25, 0.3) is 5.91 Å². The monoisotopic (exact) mass is 529 g/mol. The van der Waals surface area contributed by atoms with Gasteiger partial charge < -0.3 is 19.2 Å². The van der Waals surface area contributed by atoms with E-state index in [1.807, 2.05) is 11.9 Å². The molecule has 7 nitrogen and oxygen atoms in total. The zero-order chi connectivity index (χ0) is 26.2. The minimum Gasteiger partial charge on any atom is -0.497 e. The number of amides is 1. The van der Waals surface area contributed by atoms with Gasteiger partial charge in [-0.2, -0.15) is 0 Å². The fourth-order valence-corrected chi connectivity index (χ4v) is 4.53. The predicted molar refractivity (Wildman–Crippen MR) is 139 cm³/mol. The van der Waals surface area contributed by atoms with Crippen LogP contribution in [0.15, 0.2) is 42.5 Å². The average Bonchev–Trinajstić information content (AvgIpc) is 3.27. The second kappa shape index (κ2) is 12.5. The molecule has 0 aliphatic rings. The summed E-state index contributed by atoms with van der Waals surface area (Å²) in [5.74, 6) is 2.37. The van der Waals surface area contributed by atoms with Crippen LogP contribution in [0.2, 0.25) is 4.34 Å². The lowest BCUT2D eigenvalue weighted by molar-refractivity contribution is -0.109. The van der Waals surface area contributed by atoms with Crippen LogP contribution >= 0.6 is 22.9 Å². The van der Waals surface area contributed by atoms with E-state index in [1.165, 1.54) is 31.3 Å². The lowest BCUT2D eigenvalue weighted by Crippen LogP contribution is -2.43. The van der Waals surface area contributed by atoms with Crippen molar-refractivity contribution >= 4 is 40.8 Å². The smallest absolute Gasteiger partial charge is 0.280 e. The first-order valence-electron chi connectivity index (χ1n) is 10.9. The van der Waals surface area contributed by atoms with Crippen molar-refractivity contribution in [2.24, 2.45) is 0 Å². The molecule has 188 valence electrons. The maximum atomic E-state index is 13.7. The molecule has 1 heterocycles. The number of benzene rings is 2. The average molecular weight is 530 g/mol. The molecule has 36 heavy (non-hydrogen) atoms. The predicted octanol–water partition coefficient (Wildman–Crippen LogP) is 4.67. The summed E-state index contributed by atoms with van der Waals surface area (Å²) in [5, 5.41) is 0.258. The van der Waals surface area contributed by atoms with Crippen LogP contribution in [-0.4, -0.2) is 55.9 Å². The summed E-state index contributed by atoms with van der Waals surface area (Å²) in [4.78, 5) is 33.5. The fraction of sp³-hybridized carbons (Fsp3) is 0.269. The van der Waals surface area contributed by atoms with E-state index in [1.54, 1.807) is 30.3 Å². The molecule has 3 aromatic rings. The van der Waals surface area contributed by atoms with Crippen molar-refractivity contribution in [3.05, 3.63) is 68.9 Å². The SMILES string of the molecule is C#Cc1nc(C(=O)N(c2cc(OC)cc(OC)c2)C(C=O)CCN(C)Cc2ccc(F)cc2)c(Cl)s1. The van der Waals surface area contributed by atoms with E-state index < -0.39 is 11.9 Å². The van der Waals surface area contributed by atoms with Gasteiger partial charge in [-0.3, -0.25) is 9.69 Å². The molecule has 0 spiro atoms. The molecule has 3 rings (SSSR count). The molecule has 0 fully saturated rings. The molecule has 0 N–H and O–H groups in total. The number of aldehydes is 1. The second-order valence-electron chi connectivity index (χ2n) is 7.89. The number of carbonyl (C=O) groups excluding carboxylic acids is 2. The van der Waals surface area contributed by atoms with Gasteiger partial charge in [0.15, 0.2) is 10.7 Å². The zero-order valence-corrected chi connectivity index (χ0v) is 21.6. The van der Waals surface area contributed by atoms with Crippen LogP contribution in [0, 0.1) is 18.2 Å². The van der Waals surface area contributed by atoms with E-state index in [-0.39, 0.29) is 20.9 Å². The molecule has 2 aromatic carbocycles. The van der Waals surface area contributed by atoms with Crippen LogP contribution in [-0.2, 0) is 11.3 Å². The van der Waals surface area contributed by atoms with Crippen LogP contribution < -0.4 is 14.4 Å². The van der Waals surface area contributed by atoms with Crippen molar-refractivity contribution in [2.45, 2.75) is 19.0 Å². The molecule has 1 aromatic heterocycles. The summed E-state index contributed by atoms with van der Waals surface area (Å²) in [6, 6.07) is 10.3. The first-order valence-corrected chi connectivity index (χ1v) is 12.1. The van der Waals surface area contributed by atoms with Crippen molar-refractivity contribution in [3.8, 4) is 23.8 Å². The van der Waals surface area contributed by atoms with Crippen molar-refractivity contribution in [1.82, 2.24) is 9.88 Å². The summed E-state index contributed by atoms with van der Waals surface area (Å²) >= 11 is 7.29. The molecule has 0 saturated carbocycles. The van der Waals surface area contributed by atoms with Gasteiger partial charge in [0, 0.05) is 31.3 Å². The standard InChI is InChI=1S/C26H25ClFN3O4S/c1-5-23-29-24(25(27)36-23)26(33)31(20-12-21(34-3)14-22(13-20)35-4)19(16-32)10-11-30(2)15-17-6-8-18(28)9-7-17/h1,6-9,12-14,16,19H,10-11,15H2,2-4H3. The maximum Gasteiger partial charge on any atom is 0.280 e. The second-order valence-corrected chi connectivity index (χ2v) is 9.49. The number of aromatic nitrogens is 1. The lowest BCUT2D eigenvalue weighted by atomic mass is 10.1. The van der Waals surface area contributed by atoms with Gasteiger partial charge in [-0.05, 0) is 37.1 Å². The number of methoxy groups -OCH3 is 2. The fourth-order valence-electron chi connectivity index (χ4n) is 3.59. The number of anilines is 1. The Morgan fingerprint density at radius 2 is 1.86 bits per heavy atom. The Kier molecular flexibility index (Phi) is 9.42. The number of thiazole rings is 1. The lowest BCUT2D eigenvalue weighted by Gasteiger charge is -2.30. The largest absolute Gasteiger partial charge is 0.497 e. The first-order chi connectivity index (χ1) is 17.3. The van der Waals surface area contributed by atoms with E-state index in [0.29, 0.717) is 43.0 Å². The van der Waals surface area contributed by atoms with Crippen LogP contribution in [0.1, 0.15) is 27.5 Å². The van der Waals surface area contributed by atoms with E-state index >= 15 is 0 Å². The van der Waals surface area contributed by atoms with Gasteiger partial charge in [-0.1, -0.05) is 35.1 Å². The van der Waals surface area contributed by atoms with Crippen molar-refractivity contribution in [3.63, 3.8) is 0 Å². The Bertz CT molecular complexity index is 1240. The summed E-state index contributed by atoms with van der Waals surface area (Å²) in [6.07, 6.45) is 6.44. The summed E-state index contributed by atoms with van der Waals surface area (Å²) in [6.45, 7) is 1.00. The number of rotatable bonds is 11. The highest BCUT2D eigenvalue weighted by Gasteiger charge is 2.31. The van der Waals surface area contributed by atoms with E-state index in [4.69, 9.17) is 27.5 Å². The van der Waals surface area contributed by atoms with Crippen LogP contribution in [0.5, 0.6) is 11.5 Å². The Labute approximate surface area is 218 Å². The van der Waals surface area contributed by atoms with Crippen LogP contribution in [0.25, 0.3) is 0 Å². The van der Waals surface area contributed by atoms with Crippen molar-refractivity contribution in [1.29, 1.82) is 0 Å². The molecule has 0 aliphatic carbocycles. The number of ether oxygens (including phenoxy) is 2. The molecular formula is C26H25ClFN3O4S. The number of nitrogens with zero attached hydrogens (tertiary/aromatic N) is 3. The van der Waals surface area contributed by atoms with Gasteiger partial charge in [-0.25, -0.2) is 9.37 Å². The van der Waals surface area contributed by atoms with Gasteiger partial charge in [-0.15, -0.1) is 6.42 Å². The number of halogens is 2. The normalized spacial score (nSPS) is 11.6. The number of carbonyl (C=O) groups is 2. The molecule has 1 unspecified atom stereocenters. The van der Waals surface area contributed by atoms with Gasteiger partial charge in [0.2, 0.25) is 0 Å². The van der Waals surface area contributed by atoms with Crippen molar-refractivity contribution < 1.29 is 23.5 Å². The number of hydrogen-bond acceptors (Lipinski definition) is 7. The van der Waals surface area contributed by atoms with Gasteiger partial charge in [0.1, 0.15) is 27.9 Å². The van der Waals surface area contributed by atoms with E-state index in [9.17, 15) is 14.0 Å². The third-order valence-electron chi connectivity index (χ3n) is 5.41. The number of terminal acetylenes is 1. The molecule has 0 aliphatic heterocycles. The minimum atomic E-state index is -0.864. The first kappa shape index (κ1) is 27.1. The summed E-state index contributed by atoms with van der Waals surface area (Å²) in [5.41, 5.74) is 1.26. The van der Waals surface area contributed by atoms with Crippen LogP contribution in [0.3, 0.4) is 0 Å². The van der Waals surface area contributed by atoms with Crippen LogP contribution in [0.4, 0.5) is 10.1 Å². The molecule has 0 radical (unpaired) electrons. The Balaban J connectivity index is 1.92. The topological polar surface area (TPSA) is 72.0 Å². The summed E-state index contributed by atoms with van der Waals surface area (Å²) < 4.78 is 24.1. The maximum absolute atomic E-state index is 13.7. The molecule has 0 saturated heterocycles. The van der Waals surface area contributed by atoms with Gasteiger partial charge >= 0.3 is 0 Å². The minimum absolute atomic E-state index is 0.0390. The molecule has 1 atom stereocenters. The molecular weight excluding hydrogens is 505 g/mol. The Morgan fingerprint density at radius 3 is 2.39 bits per heavy atom. The third-order valence-corrected chi connectivity index (χ3v) is 6.59. The Hall–Kier alpha value is -3.45. The third kappa shape index (κ3) is 6.61. The Morgan fingerprint density at radius 1 is 1.22 bits per heavy atom. The highest BCUT2D eigenvalue weighted by molar-refractivity contribution is 7.16. The van der Waals surface area contributed by atoms with E-state index in [2.05, 4.69) is 10.9 Å². The molecule has 10 heteroatoms. The molecule has 0 bridgehead atoms. The van der Waals surface area contributed by atoms with Gasteiger partial charge in [0.05, 0.1) is 25.9 Å². The number of hydrogen-bond donors (Lipinski definition) is 0. The highest BCUT2D eigenvalue weighted by atomic mass is 35.5. The quantitative estimate of drug-likeness (QED) is 0.265.